The molecule has 4 rings (SSSR count). The Kier molecular flexibility index (Phi) is 13.4. The number of fused-ring (bicyclic) bond motifs is 1. The van der Waals surface area contributed by atoms with E-state index < -0.39 is 12.1 Å². The lowest BCUT2D eigenvalue weighted by atomic mass is 9.99. The average Bonchev–Trinajstić information content (AvgIpc) is 3.33. The van der Waals surface area contributed by atoms with Gasteiger partial charge in [0.15, 0.2) is 5.13 Å². The Labute approximate surface area is 277 Å². The number of nitrogens with two attached hydrogens (primary N) is 1. The van der Waals surface area contributed by atoms with Crippen molar-refractivity contribution in [3.8, 4) is 0 Å². The third-order valence-electron chi connectivity index (χ3n) is 7.21. The van der Waals surface area contributed by atoms with Crippen LogP contribution in [-0.2, 0) is 17.8 Å². The number of rotatable bonds is 14. The van der Waals surface area contributed by atoms with Crippen LogP contribution in [-0.4, -0.2) is 77.6 Å². The van der Waals surface area contributed by atoms with E-state index in [9.17, 15) is 14.7 Å². The Bertz CT molecular complexity index is 1560. The highest BCUT2D eigenvalue weighted by atomic mass is 32.1. The number of benzene rings is 3. The van der Waals surface area contributed by atoms with Gasteiger partial charge in [-0.25, -0.2) is 4.98 Å². The third-order valence-corrected chi connectivity index (χ3v) is 8.14. The van der Waals surface area contributed by atoms with E-state index in [-0.39, 0.29) is 25.3 Å². The van der Waals surface area contributed by atoms with Gasteiger partial charge in [0.05, 0.1) is 28.9 Å². The highest BCUT2D eigenvalue weighted by Gasteiger charge is 2.26. The van der Waals surface area contributed by atoms with Crippen LogP contribution in [0.2, 0.25) is 0 Å². The van der Waals surface area contributed by atoms with Crippen molar-refractivity contribution in [1.82, 2.24) is 20.1 Å². The van der Waals surface area contributed by atoms with Crippen LogP contribution in [0, 0.1) is 12.8 Å². The van der Waals surface area contributed by atoms with E-state index >= 15 is 0 Å². The second kappa shape index (κ2) is 16.7. The number of hydrogen-bond donors (Lipinski definition) is 4. The molecule has 242 valence electrons. The molecule has 45 heavy (non-hydrogen) atoms. The van der Waals surface area contributed by atoms with Gasteiger partial charge in [-0.15, -0.1) is 0 Å². The van der Waals surface area contributed by atoms with Crippen molar-refractivity contribution < 1.29 is 14.7 Å². The maximum absolute atomic E-state index is 13.4. The number of aryl methyl sites for hydroxylation is 1. The van der Waals surface area contributed by atoms with Crippen molar-refractivity contribution in [2.24, 2.45) is 5.92 Å². The van der Waals surface area contributed by atoms with E-state index in [1.807, 2.05) is 68.4 Å². The predicted molar refractivity (Wildman–Crippen MR) is 190 cm³/mol. The van der Waals surface area contributed by atoms with Crippen molar-refractivity contribution >= 4 is 57.7 Å². The fourth-order valence-corrected chi connectivity index (χ4v) is 6.22. The molecule has 0 aliphatic rings. The van der Waals surface area contributed by atoms with E-state index in [1.165, 1.54) is 11.3 Å². The molecule has 9 nitrogen and oxygen atoms in total. The molecule has 11 heteroatoms. The summed E-state index contributed by atoms with van der Waals surface area (Å²) in [6.07, 6.45) is -0.329. The quantitative estimate of drug-likeness (QED) is 0.146. The minimum atomic E-state index is -0.822. The maximum Gasteiger partial charge on any atom is 0.251 e. The largest absolute Gasteiger partial charge is 0.399 e. The zero-order chi connectivity index (χ0) is 31.8. The normalized spacial score (nSPS) is 12.7. The molecule has 2 amide bonds. The topological polar surface area (TPSA) is 124 Å². The lowest BCUT2D eigenvalue weighted by Gasteiger charge is -2.31. The Hall–Kier alpha value is -3.48. The van der Waals surface area contributed by atoms with Crippen molar-refractivity contribution in [2.75, 3.05) is 44.8 Å². The van der Waals surface area contributed by atoms with Gasteiger partial charge >= 0.3 is 0 Å². The van der Waals surface area contributed by atoms with Crippen LogP contribution in [0.3, 0.4) is 0 Å². The SMILES string of the molecule is Cc1cc(N)ccc1C(=O)NC(Cc1ccccc1)C(O)CN(Cc1ccc2nc(NC(=O)CN(C)C)sc2c1)CC(C)C.S. The Balaban J connectivity index is 0.00000552. The molecule has 1 heterocycles. The number of hydrogen-bond acceptors (Lipinski definition) is 8. The molecule has 3 aromatic carbocycles. The van der Waals surface area contributed by atoms with Crippen LogP contribution in [0.5, 0.6) is 0 Å². The zero-order valence-corrected chi connectivity index (χ0v) is 28.5. The molecule has 2 atom stereocenters. The molecule has 1 aromatic heterocycles. The Morgan fingerprint density at radius 1 is 1.00 bits per heavy atom. The van der Waals surface area contributed by atoms with Crippen LogP contribution in [0.25, 0.3) is 10.2 Å². The second-order valence-corrected chi connectivity index (χ2v) is 13.1. The fourth-order valence-electron chi connectivity index (χ4n) is 5.28. The summed E-state index contributed by atoms with van der Waals surface area (Å²) in [5.74, 6) is 0.0320. The average molecular weight is 651 g/mol. The summed E-state index contributed by atoms with van der Waals surface area (Å²) in [7, 11) is 3.70. The Morgan fingerprint density at radius 3 is 2.40 bits per heavy atom. The van der Waals surface area contributed by atoms with E-state index in [4.69, 9.17) is 5.73 Å². The molecule has 0 saturated carbocycles. The predicted octanol–water partition coefficient (Wildman–Crippen LogP) is 4.66. The number of anilines is 2. The number of likely N-dealkylation sites (N-methyl/N-ethyl adjacent to an activating group) is 1. The number of thiazole rings is 1. The lowest BCUT2D eigenvalue weighted by Crippen LogP contribution is -2.50. The van der Waals surface area contributed by atoms with Gasteiger partial charge in [-0.05, 0) is 80.4 Å². The number of nitrogens with one attached hydrogen (secondary N) is 2. The van der Waals surface area contributed by atoms with Gasteiger partial charge in [-0.1, -0.05) is 61.6 Å². The zero-order valence-electron chi connectivity index (χ0n) is 26.7. The second-order valence-electron chi connectivity index (χ2n) is 12.1. The first kappa shape index (κ1) is 36.0. The minimum absolute atomic E-state index is 0. The molecule has 0 bridgehead atoms. The first-order valence-electron chi connectivity index (χ1n) is 14.9. The molecule has 0 aliphatic carbocycles. The van der Waals surface area contributed by atoms with Crippen molar-refractivity contribution in [1.29, 1.82) is 0 Å². The smallest absolute Gasteiger partial charge is 0.251 e. The molecule has 0 spiro atoms. The highest BCUT2D eigenvalue weighted by molar-refractivity contribution is 7.59. The van der Waals surface area contributed by atoms with E-state index in [2.05, 4.69) is 40.4 Å². The number of aromatic nitrogens is 1. The number of carbonyl (C=O) groups excluding carboxylic acids is 2. The van der Waals surface area contributed by atoms with Gasteiger partial charge in [0.1, 0.15) is 0 Å². The summed E-state index contributed by atoms with van der Waals surface area (Å²) >= 11 is 1.45. The van der Waals surface area contributed by atoms with Crippen LogP contribution in [0.1, 0.15) is 40.9 Å². The van der Waals surface area contributed by atoms with Crippen molar-refractivity contribution in [2.45, 2.75) is 45.9 Å². The monoisotopic (exact) mass is 650 g/mol. The number of amides is 2. The van der Waals surface area contributed by atoms with Crippen molar-refractivity contribution in [3.05, 3.63) is 89.0 Å². The number of carbonyl (C=O) groups is 2. The molecule has 5 N–H and O–H groups in total. The van der Waals surface area contributed by atoms with Crippen LogP contribution < -0.4 is 16.4 Å². The van der Waals surface area contributed by atoms with E-state index in [1.54, 1.807) is 18.2 Å². The summed E-state index contributed by atoms with van der Waals surface area (Å²) < 4.78 is 0.987. The standard InChI is InChI=1S/C34H44N6O3S.H2S/c1-22(2)18-40(19-25-11-14-28-31(17-25)44-34(37-28)38-32(42)21-39(4)5)20-30(41)29(16-24-9-7-6-8-10-24)36-33(43)27-13-12-26(35)15-23(27)3;/h6-15,17,22,29-30,41H,16,18-21,35H2,1-5H3,(H,36,43)(H,37,38,42);1H2. The summed E-state index contributed by atoms with van der Waals surface area (Å²) in [5.41, 5.74) is 10.8. The molecular weight excluding hydrogens is 605 g/mol. The lowest BCUT2D eigenvalue weighted by molar-refractivity contribution is -0.116. The van der Waals surface area contributed by atoms with Crippen molar-refractivity contribution in [3.63, 3.8) is 0 Å². The van der Waals surface area contributed by atoms with Crippen LogP contribution in [0.15, 0.2) is 66.7 Å². The van der Waals surface area contributed by atoms with Gasteiger partial charge in [-0.2, -0.15) is 13.5 Å². The van der Waals surface area contributed by atoms with E-state index in [0.29, 0.717) is 48.4 Å². The maximum atomic E-state index is 13.4. The molecule has 4 aromatic rings. The number of aliphatic hydroxyl groups excluding tert-OH is 1. The molecular formula is C34H46N6O3S2. The molecule has 2 unspecified atom stereocenters. The van der Waals surface area contributed by atoms with Gasteiger partial charge in [-0.3, -0.25) is 14.5 Å². The first-order valence-corrected chi connectivity index (χ1v) is 15.7. The molecule has 0 aliphatic heterocycles. The number of nitrogen functional groups attached to an aromatic ring is 1. The van der Waals surface area contributed by atoms with Gasteiger partial charge < -0.3 is 26.4 Å². The minimum Gasteiger partial charge on any atom is -0.399 e. The fraction of sp³-hybridized carbons (Fsp3) is 0.382. The van der Waals surface area contributed by atoms with Gasteiger partial charge in [0.25, 0.3) is 5.91 Å². The highest BCUT2D eigenvalue weighted by Crippen LogP contribution is 2.27. The first-order chi connectivity index (χ1) is 21.0. The van der Waals surface area contributed by atoms with Crippen LogP contribution >= 0.6 is 24.8 Å². The Morgan fingerprint density at radius 2 is 1.73 bits per heavy atom. The molecule has 0 radical (unpaired) electrons. The number of nitrogens with zero attached hydrogens (tertiary/aromatic N) is 3. The molecule has 0 saturated heterocycles. The molecule has 0 fully saturated rings. The van der Waals surface area contributed by atoms with Gasteiger partial charge in [0, 0.05) is 30.9 Å². The number of aliphatic hydroxyl groups is 1. The third kappa shape index (κ3) is 10.8. The van der Waals surface area contributed by atoms with Gasteiger partial charge in [0.2, 0.25) is 5.91 Å². The summed E-state index contributed by atoms with van der Waals surface area (Å²) in [6.45, 7) is 8.23. The summed E-state index contributed by atoms with van der Waals surface area (Å²) in [6, 6.07) is 20.7. The summed E-state index contributed by atoms with van der Waals surface area (Å²) in [4.78, 5) is 34.2. The van der Waals surface area contributed by atoms with E-state index in [0.717, 1.165) is 33.5 Å². The summed E-state index contributed by atoms with van der Waals surface area (Å²) in [5, 5.41) is 18.2. The van der Waals surface area contributed by atoms with Crippen LogP contribution in [0.4, 0.5) is 10.8 Å².